The fraction of sp³-hybridized carbons (Fsp3) is 0.333. The van der Waals surface area contributed by atoms with E-state index >= 15 is 0 Å². The van der Waals surface area contributed by atoms with Crippen LogP contribution >= 0.6 is 11.6 Å². The van der Waals surface area contributed by atoms with Crippen molar-refractivity contribution in [3.63, 3.8) is 0 Å². The number of hydrogen-bond donors (Lipinski definition) is 1. The largest absolute Gasteiger partial charge is 0.493 e. The number of piperidine rings is 1. The molecule has 1 aliphatic rings. The number of carbonyl (C=O) groups excluding carboxylic acids is 2. The normalized spacial score (nSPS) is 14.5. The predicted molar refractivity (Wildman–Crippen MR) is 122 cm³/mol. The Balaban J connectivity index is 1.46. The summed E-state index contributed by atoms with van der Waals surface area (Å²) in [5.74, 6) is 1.32. The highest BCUT2D eigenvalue weighted by atomic mass is 35.5. The molecule has 2 amide bonds. The van der Waals surface area contributed by atoms with E-state index in [2.05, 4.69) is 5.32 Å². The van der Waals surface area contributed by atoms with Gasteiger partial charge < -0.3 is 19.7 Å². The predicted octanol–water partition coefficient (Wildman–Crippen LogP) is 4.04. The Hall–Kier alpha value is -2.99. The van der Waals surface area contributed by atoms with Crippen molar-refractivity contribution < 1.29 is 19.1 Å². The SMILES string of the molecule is COc1ccc(C(=O)N2CCC(CNC(=O)/C=C/c3cccc(Cl)c3)CC2)cc1OC. The van der Waals surface area contributed by atoms with Gasteiger partial charge in [0.15, 0.2) is 11.5 Å². The summed E-state index contributed by atoms with van der Waals surface area (Å²) in [5.41, 5.74) is 1.46. The van der Waals surface area contributed by atoms with Gasteiger partial charge in [0, 0.05) is 36.3 Å². The van der Waals surface area contributed by atoms with Crippen LogP contribution in [0.4, 0.5) is 0 Å². The van der Waals surface area contributed by atoms with Gasteiger partial charge in [-0.3, -0.25) is 9.59 Å². The zero-order valence-corrected chi connectivity index (χ0v) is 18.5. The van der Waals surface area contributed by atoms with Gasteiger partial charge in [0.1, 0.15) is 0 Å². The zero-order chi connectivity index (χ0) is 22.2. The summed E-state index contributed by atoms with van der Waals surface area (Å²) in [6.07, 6.45) is 4.95. The third-order valence-electron chi connectivity index (χ3n) is 5.37. The second-order valence-corrected chi connectivity index (χ2v) is 7.88. The van der Waals surface area contributed by atoms with Crippen molar-refractivity contribution in [2.75, 3.05) is 33.9 Å². The summed E-state index contributed by atoms with van der Waals surface area (Å²) in [5, 5.41) is 3.58. The lowest BCUT2D eigenvalue weighted by atomic mass is 9.96. The monoisotopic (exact) mass is 442 g/mol. The number of nitrogens with zero attached hydrogens (tertiary/aromatic N) is 1. The third kappa shape index (κ3) is 6.25. The molecule has 1 heterocycles. The number of carbonyl (C=O) groups is 2. The average molecular weight is 443 g/mol. The fourth-order valence-electron chi connectivity index (χ4n) is 3.58. The highest BCUT2D eigenvalue weighted by molar-refractivity contribution is 6.30. The van der Waals surface area contributed by atoms with E-state index in [0.717, 1.165) is 18.4 Å². The van der Waals surface area contributed by atoms with Gasteiger partial charge in [-0.1, -0.05) is 23.7 Å². The Labute approximate surface area is 187 Å². The molecular weight excluding hydrogens is 416 g/mol. The molecule has 0 aromatic heterocycles. The Kier molecular flexibility index (Phi) is 7.95. The molecule has 0 unspecified atom stereocenters. The van der Waals surface area contributed by atoms with Crippen LogP contribution in [-0.4, -0.2) is 50.6 Å². The molecule has 164 valence electrons. The topological polar surface area (TPSA) is 67.9 Å². The highest BCUT2D eigenvalue weighted by Gasteiger charge is 2.24. The second kappa shape index (κ2) is 10.9. The minimum atomic E-state index is -0.135. The lowest BCUT2D eigenvalue weighted by molar-refractivity contribution is -0.116. The van der Waals surface area contributed by atoms with Gasteiger partial charge in [-0.25, -0.2) is 0 Å². The molecule has 7 heteroatoms. The minimum absolute atomic E-state index is 0.0205. The van der Waals surface area contributed by atoms with E-state index in [4.69, 9.17) is 21.1 Å². The van der Waals surface area contributed by atoms with E-state index in [-0.39, 0.29) is 11.8 Å². The molecule has 0 saturated carbocycles. The molecule has 6 nitrogen and oxygen atoms in total. The first-order chi connectivity index (χ1) is 15.0. The number of likely N-dealkylation sites (tertiary alicyclic amines) is 1. The smallest absolute Gasteiger partial charge is 0.253 e. The van der Waals surface area contributed by atoms with Crippen molar-refractivity contribution in [1.29, 1.82) is 0 Å². The lowest BCUT2D eigenvalue weighted by Gasteiger charge is -2.32. The minimum Gasteiger partial charge on any atom is -0.493 e. The van der Waals surface area contributed by atoms with Gasteiger partial charge in [-0.2, -0.15) is 0 Å². The van der Waals surface area contributed by atoms with Crippen LogP contribution in [-0.2, 0) is 4.79 Å². The summed E-state index contributed by atoms with van der Waals surface area (Å²) >= 11 is 5.95. The van der Waals surface area contributed by atoms with Gasteiger partial charge in [0.05, 0.1) is 14.2 Å². The first-order valence-corrected chi connectivity index (χ1v) is 10.6. The van der Waals surface area contributed by atoms with E-state index in [1.807, 2.05) is 17.0 Å². The molecule has 0 aliphatic carbocycles. The summed E-state index contributed by atoms with van der Waals surface area (Å²) in [4.78, 5) is 26.8. The molecule has 2 aromatic rings. The van der Waals surface area contributed by atoms with E-state index in [0.29, 0.717) is 47.6 Å². The maximum atomic E-state index is 12.8. The highest BCUT2D eigenvalue weighted by Crippen LogP contribution is 2.28. The molecule has 1 saturated heterocycles. The third-order valence-corrected chi connectivity index (χ3v) is 5.61. The standard InChI is InChI=1S/C24H27ClN2O4/c1-30-21-8-7-19(15-22(21)31-2)24(29)27-12-10-18(11-13-27)16-26-23(28)9-6-17-4-3-5-20(25)14-17/h3-9,14-15,18H,10-13,16H2,1-2H3,(H,26,28)/b9-6+. The van der Waals surface area contributed by atoms with Crippen LogP contribution in [0.25, 0.3) is 6.08 Å². The van der Waals surface area contributed by atoms with Crippen LogP contribution in [0, 0.1) is 5.92 Å². The summed E-state index contributed by atoms with van der Waals surface area (Å²) < 4.78 is 10.5. The molecular formula is C24H27ClN2O4. The molecule has 1 fully saturated rings. The van der Waals surface area contributed by atoms with Gasteiger partial charge in [-0.05, 0) is 60.7 Å². The van der Waals surface area contributed by atoms with Gasteiger partial charge >= 0.3 is 0 Å². The Morgan fingerprint density at radius 1 is 1.10 bits per heavy atom. The zero-order valence-electron chi connectivity index (χ0n) is 17.8. The molecule has 1 N–H and O–H groups in total. The van der Waals surface area contributed by atoms with Gasteiger partial charge in [-0.15, -0.1) is 0 Å². The fourth-order valence-corrected chi connectivity index (χ4v) is 3.78. The summed E-state index contributed by atoms with van der Waals surface area (Å²) in [6, 6.07) is 12.5. The van der Waals surface area contributed by atoms with E-state index < -0.39 is 0 Å². The molecule has 31 heavy (non-hydrogen) atoms. The maximum absolute atomic E-state index is 12.8. The van der Waals surface area contributed by atoms with E-state index in [9.17, 15) is 9.59 Å². The lowest BCUT2D eigenvalue weighted by Crippen LogP contribution is -2.41. The van der Waals surface area contributed by atoms with Crippen molar-refractivity contribution >= 4 is 29.5 Å². The summed E-state index contributed by atoms with van der Waals surface area (Å²) in [6.45, 7) is 1.91. The summed E-state index contributed by atoms with van der Waals surface area (Å²) in [7, 11) is 3.12. The molecule has 0 radical (unpaired) electrons. The van der Waals surface area contributed by atoms with Crippen LogP contribution in [0.3, 0.4) is 0 Å². The molecule has 0 bridgehead atoms. The van der Waals surface area contributed by atoms with Crippen molar-refractivity contribution in [2.45, 2.75) is 12.8 Å². The quantitative estimate of drug-likeness (QED) is 0.657. The number of methoxy groups -OCH3 is 2. The second-order valence-electron chi connectivity index (χ2n) is 7.44. The average Bonchev–Trinajstić information content (AvgIpc) is 2.80. The van der Waals surface area contributed by atoms with Crippen molar-refractivity contribution in [3.05, 3.63) is 64.7 Å². The first-order valence-electron chi connectivity index (χ1n) is 10.2. The number of benzene rings is 2. The number of halogens is 1. The molecule has 0 spiro atoms. The van der Waals surface area contributed by atoms with Crippen LogP contribution in [0.5, 0.6) is 11.5 Å². The van der Waals surface area contributed by atoms with E-state index in [1.54, 1.807) is 50.6 Å². The van der Waals surface area contributed by atoms with Crippen molar-refractivity contribution in [3.8, 4) is 11.5 Å². The Morgan fingerprint density at radius 3 is 2.52 bits per heavy atom. The van der Waals surface area contributed by atoms with E-state index in [1.165, 1.54) is 6.08 Å². The van der Waals surface area contributed by atoms with Crippen LogP contribution in [0.15, 0.2) is 48.5 Å². The molecule has 1 aliphatic heterocycles. The number of rotatable bonds is 7. The molecule has 0 atom stereocenters. The van der Waals surface area contributed by atoms with Gasteiger partial charge in [0.2, 0.25) is 5.91 Å². The number of hydrogen-bond acceptors (Lipinski definition) is 4. The maximum Gasteiger partial charge on any atom is 0.253 e. The Morgan fingerprint density at radius 2 is 1.84 bits per heavy atom. The van der Waals surface area contributed by atoms with Crippen LogP contribution < -0.4 is 14.8 Å². The first kappa shape index (κ1) is 22.7. The number of ether oxygens (including phenoxy) is 2. The van der Waals surface area contributed by atoms with Crippen LogP contribution in [0.1, 0.15) is 28.8 Å². The molecule has 3 rings (SSSR count). The van der Waals surface area contributed by atoms with Crippen molar-refractivity contribution in [1.82, 2.24) is 10.2 Å². The Bertz CT molecular complexity index is 952. The number of nitrogens with one attached hydrogen (secondary N) is 1. The van der Waals surface area contributed by atoms with Gasteiger partial charge in [0.25, 0.3) is 5.91 Å². The van der Waals surface area contributed by atoms with Crippen molar-refractivity contribution in [2.24, 2.45) is 5.92 Å². The van der Waals surface area contributed by atoms with Crippen LogP contribution in [0.2, 0.25) is 5.02 Å². The molecule has 2 aromatic carbocycles. The number of amides is 2.